The average molecular weight is 618 g/mol. The number of carboxylic acid groups (broad SMARTS) is 1. The summed E-state index contributed by atoms with van der Waals surface area (Å²) in [5.74, 6) is -2.07. The molecule has 1 aliphatic rings. The average Bonchev–Trinajstić information content (AvgIpc) is 3.15. The van der Waals surface area contributed by atoms with Gasteiger partial charge in [0.2, 0.25) is 4.80 Å². The SMILES string of the molecule is CNC.COC(=O)CSc1cc(/N=c2\sc(=O)n3n2CCCC3)c(F)cc1Cl.O=C(O)CNCP(=O)(O)O. The van der Waals surface area contributed by atoms with E-state index in [1.54, 1.807) is 9.36 Å². The Morgan fingerprint density at radius 1 is 1.26 bits per heavy atom. The molecule has 0 aliphatic carbocycles. The standard InChI is InChI=1S/C15H15ClFN3O3S2.C3H8NO5P.C2H7N/c1-23-13(21)8-24-12-7-11(10(17)6-9(12)16)18-14-19-4-2-3-5-20(19)15(22)25-14;5-3(6)1-4-2-10(7,8)9;1-3-2/h6-7H,2-5,8H2,1H3;4H,1-2H2,(H,5,6)(H2,7,8,9);3H,1-2H3/b18-14-;;. The second-order valence-electron chi connectivity index (χ2n) is 7.46. The summed E-state index contributed by atoms with van der Waals surface area (Å²) in [5, 5.41) is 13.0. The maximum absolute atomic E-state index is 14.3. The minimum absolute atomic E-state index is 0.0605. The maximum atomic E-state index is 14.3. The number of ether oxygens (including phenoxy) is 1. The van der Waals surface area contributed by atoms with Crippen LogP contribution in [0.25, 0.3) is 0 Å². The minimum Gasteiger partial charge on any atom is -0.480 e. The Hall–Kier alpha value is -2.04. The third-order valence-corrected chi connectivity index (χ3v) is 7.24. The number of aromatic nitrogens is 2. The van der Waals surface area contributed by atoms with Gasteiger partial charge in [0.15, 0.2) is 0 Å². The van der Waals surface area contributed by atoms with Gasteiger partial charge in [-0.1, -0.05) is 11.6 Å². The number of carbonyl (C=O) groups is 2. The van der Waals surface area contributed by atoms with Crippen LogP contribution in [-0.2, 0) is 32.0 Å². The van der Waals surface area contributed by atoms with Crippen LogP contribution < -0.4 is 20.3 Å². The van der Waals surface area contributed by atoms with Crippen LogP contribution in [0.3, 0.4) is 0 Å². The van der Waals surface area contributed by atoms with Crippen molar-refractivity contribution in [3.05, 3.63) is 37.4 Å². The van der Waals surface area contributed by atoms with E-state index in [0.717, 1.165) is 42.0 Å². The molecule has 1 aromatic heterocycles. The molecule has 18 heteroatoms. The second-order valence-corrected chi connectivity index (χ2v) is 11.4. The zero-order valence-corrected chi connectivity index (χ0v) is 24.1. The van der Waals surface area contributed by atoms with Crippen molar-refractivity contribution in [2.45, 2.75) is 30.8 Å². The van der Waals surface area contributed by atoms with Crippen molar-refractivity contribution in [1.29, 1.82) is 0 Å². The highest BCUT2D eigenvalue weighted by molar-refractivity contribution is 8.00. The molecule has 2 aromatic rings. The molecule has 1 aromatic carbocycles. The number of thioether (sulfide) groups is 1. The topological polar surface area (TPSA) is 184 Å². The first-order chi connectivity index (χ1) is 17.8. The molecule has 214 valence electrons. The summed E-state index contributed by atoms with van der Waals surface area (Å²) < 4.78 is 32.3. The highest BCUT2D eigenvalue weighted by Gasteiger charge is 2.15. The van der Waals surface area contributed by atoms with E-state index in [-0.39, 0.29) is 21.3 Å². The second kappa shape index (κ2) is 16.8. The number of esters is 1. The number of nitrogens with one attached hydrogen (secondary N) is 2. The van der Waals surface area contributed by atoms with Crippen molar-refractivity contribution in [1.82, 2.24) is 20.0 Å². The highest BCUT2D eigenvalue weighted by atomic mass is 35.5. The molecule has 38 heavy (non-hydrogen) atoms. The van der Waals surface area contributed by atoms with Gasteiger partial charge in [0, 0.05) is 18.0 Å². The normalized spacial score (nSPS) is 13.0. The van der Waals surface area contributed by atoms with Crippen molar-refractivity contribution in [2.75, 3.05) is 39.8 Å². The van der Waals surface area contributed by atoms with Crippen LogP contribution in [0.15, 0.2) is 26.8 Å². The number of halogens is 2. The van der Waals surface area contributed by atoms with Crippen LogP contribution in [0.5, 0.6) is 0 Å². The number of hydrogen-bond acceptors (Lipinski definition) is 10. The van der Waals surface area contributed by atoms with Gasteiger partial charge in [-0.2, -0.15) is 0 Å². The lowest BCUT2D eigenvalue weighted by molar-refractivity contribution is -0.137. The van der Waals surface area contributed by atoms with Crippen molar-refractivity contribution in [2.24, 2.45) is 4.99 Å². The molecule has 2 heterocycles. The first-order valence-corrected chi connectivity index (χ1v) is 14.9. The number of nitrogens with zero attached hydrogens (tertiary/aromatic N) is 3. The lowest BCUT2D eigenvalue weighted by atomic mass is 10.3. The molecule has 1 aliphatic heterocycles. The Balaban J connectivity index is 0.000000467. The van der Waals surface area contributed by atoms with Gasteiger partial charge < -0.3 is 24.9 Å². The van der Waals surface area contributed by atoms with Crippen LogP contribution in [0, 0.1) is 5.82 Å². The molecule has 0 radical (unpaired) electrons. The van der Waals surface area contributed by atoms with Gasteiger partial charge in [-0.3, -0.25) is 28.9 Å². The minimum atomic E-state index is -4.10. The zero-order valence-electron chi connectivity index (χ0n) is 20.8. The number of rotatable bonds is 8. The Labute approximate surface area is 230 Å². The summed E-state index contributed by atoms with van der Waals surface area (Å²) in [6.45, 7) is 0.885. The lowest BCUT2D eigenvalue weighted by Gasteiger charge is -2.15. The molecule has 0 saturated carbocycles. The number of methoxy groups -OCH3 is 1. The Morgan fingerprint density at radius 3 is 2.42 bits per heavy atom. The molecule has 3 rings (SSSR count). The fraction of sp³-hybridized carbons (Fsp3) is 0.500. The van der Waals surface area contributed by atoms with E-state index in [1.807, 2.05) is 14.1 Å². The zero-order chi connectivity index (χ0) is 28.9. The molecule has 0 saturated heterocycles. The van der Waals surface area contributed by atoms with E-state index in [4.69, 9.17) is 26.5 Å². The first-order valence-electron chi connectivity index (χ1n) is 10.9. The first kappa shape index (κ1) is 34.0. The summed E-state index contributed by atoms with van der Waals surface area (Å²) in [6, 6.07) is 2.64. The Morgan fingerprint density at radius 2 is 1.87 bits per heavy atom. The fourth-order valence-electron chi connectivity index (χ4n) is 2.74. The summed E-state index contributed by atoms with van der Waals surface area (Å²) in [4.78, 5) is 54.6. The van der Waals surface area contributed by atoms with Crippen LogP contribution in [0.4, 0.5) is 10.1 Å². The van der Waals surface area contributed by atoms with Gasteiger partial charge in [0.05, 0.1) is 30.7 Å². The van der Waals surface area contributed by atoms with Gasteiger partial charge in [-0.15, -0.1) is 11.8 Å². The Bertz CT molecular complexity index is 1260. The molecule has 13 nitrogen and oxygen atoms in total. The summed E-state index contributed by atoms with van der Waals surface area (Å²) in [7, 11) is 0.951. The smallest absolute Gasteiger partial charge is 0.339 e. The van der Waals surface area contributed by atoms with Crippen LogP contribution >= 0.6 is 42.3 Å². The molecule has 0 atom stereocenters. The third-order valence-electron chi connectivity index (χ3n) is 4.28. The van der Waals surface area contributed by atoms with Gasteiger partial charge >= 0.3 is 24.4 Å². The van der Waals surface area contributed by atoms with Crippen molar-refractivity contribution >= 4 is 59.9 Å². The van der Waals surface area contributed by atoms with Gasteiger partial charge in [-0.25, -0.2) is 14.1 Å². The number of carbonyl (C=O) groups excluding carboxylic acids is 1. The summed E-state index contributed by atoms with van der Waals surface area (Å²) >= 11 is 8.17. The lowest BCUT2D eigenvalue weighted by Crippen LogP contribution is -2.31. The quantitative estimate of drug-likeness (QED) is 0.164. The van der Waals surface area contributed by atoms with Gasteiger partial charge in [0.25, 0.3) is 0 Å². The van der Waals surface area contributed by atoms with E-state index >= 15 is 0 Å². The third kappa shape index (κ3) is 12.2. The summed E-state index contributed by atoms with van der Waals surface area (Å²) in [5.41, 5.74) is 0.0829. The number of aliphatic carboxylic acids is 1. The number of fused-ring (bicyclic) bond motifs is 1. The molecule has 5 N–H and O–H groups in total. The summed E-state index contributed by atoms with van der Waals surface area (Å²) in [6.07, 6.45) is 1.30. The van der Waals surface area contributed by atoms with E-state index < -0.39 is 38.2 Å². The molecular formula is C20H30ClFN5O8PS2. The highest BCUT2D eigenvalue weighted by Crippen LogP contribution is 2.33. The number of benzene rings is 1. The number of hydrogen-bond donors (Lipinski definition) is 5. The molecule has 0 amide bonds. The predicted octanol–water partition coefficient (Wildman–Crippen LogP) is 1.43. The van der Waals surface area contributed by atoms with Crippen molar-refractivity contribution in [3.8, 4) is 0 Å². The maximum Gasteiger partial charge on any atom is 0.339 e. The molecule has 0 unspecified atom stereocenters. The predicted molar refractivity (Wildman–Crippen MR) is 143 cm³/mol. The molecular weight excluding hydrogens is 588 g/mol. The van der Waals surface area contributed by atoms with E-state index in [1.165, 1.54) is 13.2 Å². The van der Waals surface area contributed by atoms with E-state index in [2.05, 4.69) is 20.4 Å². The molecule has 0 fully saturated rings. The number of carboxylic acids is 1. The van der Waals surface area contributed by atoms with Crippen LogP contribution in [-0.4, -0.2) is 76.0 Å². The van der Waals surface area contributed by atoms with Crippen LogP contribution in [0.2, 0.25) is 5.02 Å². The van der Waals surface area contributed by atoms with E-state index in [0.29, 0.717) is 22.8 Å². The monoisotopic (exact) mass is 617 g/mol. The Kier molecular flexibility index (Phi) is 15.0. The largest absolute Gasteiger partial charge is 0.480 e. The van der Waals surface area contributed by atoms with Crippen molar-refractivity contribution in [3.63, 3.8) is 0 Å². The van der Waals surface area contributed by atoms with Crippen molar-refractivity contribution < 1.29 is 38.2 Å². The van der Waals surface area contributed by atoms with E-state index in [9.17, 15) is 23.3 Å². The fourth-order valence-corrected chi connectivity index (χ4v) is 5.13. The van der Waals surface area contributed by atoms with Gasteiger partial charge in [-0.05, 0) is 50.4 Å². The van der Waals surface area contributed by atoms with Gasteiger partial charge in [0.1, 0.15) is 11.5 Å². The van der Waals surface area contributed by atoms with Crippen LogP contribution in [0.1, 0.15) is 12.8 Å². The molecule has 0 spiro atoms. The molecule has 0 bridgehead atoms.